The molecule has 4 nitrogen and oxygen atoms in total. The molecule has 0 radical (unpaired) electrons. The third-order valence-corrected chi connectivity index (χ3v) is 3.08. The molecule has 5 heteroatoms. The normalized spacial score (nSPS) is 13.5. The van der Waals surface area contributed by atoms with Crippen molar-refractivity contribution in [3.8, 4) is 0 Å². The maximum Gasteiger partial charge on any atom is 0.397 e. The third-order valence-electron chi connectivity index (χ3n) is 2.61. The van der Waals surface area contributed by atoms with Gasteiger partial charge in [-0.2, -0.15) is 8.42 Å². The highest BCUT2D eigenvalue weighted by atomic mass is 32.3. The van der Waals surface area contributed by atoms with E-state index >= 15 is 0 Å². The predicted octanol–water partition coefficient (Wildman–Crippen LogP) is 2.46. The van der Waals surface area contributed by atoms with Crippen LogP contribution >= 0.6 is 0 Å². The van der Waals surface area contributed by atoms with Gasteiger partial charge in [-0.1, -0.05) is 37.3 Å². The second kappa shape index (κ2) is 6.74. The van der Waals surface area contributed by atoms with Crippen LogP contribution in [0.1, 0.15) is 25.3 Å². The summed E-state index contributed by atoms with van der Waals surface area (Å²) in [5.74, 6) is 0.358. The van der Waals surface area contributed by atoms with Gasteiger partial charge in [0, 0.05) is 0 Å². The van der Waals surface area contributed by atoms with Crippen LogP contribution in [0.25, 0.3) is 0 Å². The van der Waals surface area contributed by atoms with Gasteiger partial charge in [-0.25, -0.2) is 4.18 Å². The molecule has 0 aliphatic heterocycles. The van der Waals surface area contributed by atoms with E-state index in [1.54, 1.807) is 0 Å². The van der Waals surface area contributed by atoms with Gasteiger partial charge in [0.05, 0.1) is 6.61 Å². The minimum atomic E-state index is -4.29. The summed E-state index contributed by atoms with van der Waals surface area (Å²) in [5.41, 5.74) is 1.27. The van der Waals surface area contributed by atoms with Crippen molar-refractivity contribution in [1.82, 2.24) is 0 Å². The molecule has 0 saturated heterocycles. The van der Waals surface area contributed by atoms with E-state index in [1.165, 1.54) is 5.56 Å². The molecule has 96 valence electrons. The van der Waals surface area contributed by atoms with Gasteiger partial charge in [0.2, 0.25) is 0 Å². The molecule has 1 unspecified atom stereocenters. The number of hydrogen-bond acceptors (Lipinski definition) is 3. The number of hydrogen-bond donors (Lipinski definition) is 1. The molecule has 0 heterocycles. The van der Waals surface area contributed by atoms with Crippen LogP contribution in [0.5, 0.6) is 0 Å². The van der Waals surface area contributed by atoms with E-state index in [0.717, 1.165) is 12.8 Å². The topological polar surface area (TPSA) is 63.6 Å². The molecule has 1 aromatic rings. The summed E-state index contributed by atoms with van der Waals surface area (Å²) >= 11 is 0. The molecular weight excluding hydrogens is 240 g/mol. The zero-order valence-corrected chi connectivity index (χ0v) is 10.7. The molecule has 0 bridgehead atoms. The highest BCUT2D eigenvalue weighted by Crippen LogP contribution is 2.13. The van der Waals surface area contributed by atoms with Gasteiger partial charge in [0.25, 0.3) is 0 Å². The fourth-order valence-electron chi connectivity index (χ4n) is 1.56. The van der Waals surface area contributed by atoms with Crippen LogP contribution < -0.4 is 0 Å². The summed E-state index contributed by atoms with van der Waals surface area (Å²) < 4.78 is 33.3. The van der Waals surface area contributed by atoms with Crippen LogP contribution in [0.15, 0.2) is 30.3 Å². The van der Waals surface area contributed by atoms with E-state index < -0.39 is 10.4 Å². The molecule has 1 aromatic carbocycles. The van der Waals surface area contributed by atoms with Crippen molar-refractivity contribution in [2.24, 2.45) is 5.92 Å². The molecule has 0 aliphatic carbocycles. The Labute approximate surface area is 103 Å². The first-order valence-electron chi connectivity index (χ1n) is 5.63. The van der Waals surface area contributed by atoms with Crippen LogP contribution in [0.3, 0.4) is 0 Å². The molecule has 0 saturated carbocycles. The van der Waals surface area contributed by atoms with Crippen molar-refractivity contribution in [2.45, 2.75) is 26.2 Å². The largest absolute Gasteiger partial charge is 0.397 e. The zero-order valence-electron chi connectivity index (χ0n) is 9.87. The molecule has 0 fully saturated rings. The van der Waals surface area contributed by atoms with Crippen molar-refractivity contribution in [1.29, 1.82) is 0 Å². The predicted molar refractivity (Wildman–Crippen MR) is 66.0 cm³/mol. The summed E-state index contributed by atoms with van der Waals surface area (Å²) in [6.45, 7) is 2.07. The van der Waals surface area contributed by atoms with Crippen LogP contribution in [-0.2, 0) is 21.0 Å². The van der Waals surface area contributed by atoms with Gasteiger partial charge in [0.15, 0.2) is 0 Å². The fraction of sp³-hybridized carbons (Fsp3) is 0.500. The first-order chi connectivity index (χ1) is 7.97. The summed E-state index contributed by atoms with van der Waals surface area (Å²) in [5, 5.41) is 0. The Bertz CT molecular complexity index is 413. The van der Waals surface area contributed by atoms with Crippen LogP contribution in [0.4, 0.5) is 0 Å². The average Bonchev–Trinajstić information content (AvgIpc) is 2.26. The molecular formula is C12H18O4S. The maximum absolute atomic E-state index is 10.3. The molecule has 0 spiro atoms. The minimum absolute atomic E-state index is 0.0365. The Morgan fingerprint density at radius 2 is 1.88 bits per heavy atom. The number of benzene rings is 1. The van der Waals surface area contributed by atoms with Gasteiger partial charge in [0.1, 0.15) is 0 Å². The van der Waals surface area contributed by atoms with Crippen molar-refractivity contribution >= 4 is 10.4 Å². The van der Waals surface area contributed by atoms with Gasteiger partial charge >= 0.3 is 10.4 Å². The lowest BCUT2D eigenvalue weighted by Gasteiger charge is -2.10. The molecule has 0 amide bonds. The Morgan fingerprint density at radius 1 is 1.24 bits per heavy atom. The van der Waals surface area contributed by atoms with Gasteiger partial charge in [-0.05, 0) is 30.7 Å². The quantitative estimate of drug-likeness (QED) is 0.763. The number of rotatable bonds is 7. The molecule has 0 aliphatic rings. The Balaban J connectivity index is 2.20. The van der Waals surface area contributed by atoms with Crippen molar-refractivity contribution in [3.05, 3.63) is 35.9 Å². The summed E-state index contributed by atoms with van der Waals surface area (Å²) in [4.78, 5) is 0. The standard InChI is InChI=1S/C12H18O4S/c1-11(9-10-16-17(13,14)15)7-8-12-5-3-2-4-6-12/h2-6,11H,7-10H2,1H3,(H,13,14,15). The SMILES string of the molecule is CC(CCOS(=O)(=O)O)CCc1ccccc1. The summed E-state index contributed by atoms with van der Waals surface area (Å²) in [7, 11) is -4.29. The van der Waals surface area contributed by atoms with Crippen molar-refractivity contribution in [2.75, 3.05) is 6.61 Å². The molecule has 17 heavy (non-hydrogen) atoms. The lowest BCUT2D eigenvalue weighted by molar-refractivity contribution is 0.246. The monoisotopic (exact) mass is 258 g/mol. The second-order valence-corrected chi connectivity index (χ2v) is 5.26. The highest BCUT2D eigenvalue weighted by Gasteiger charge is 2.07. The summed E-state index contributed by atoms with van der Waals surface area (Å²) in [6.07, 6.45) is 2.55. The van der Waals surface area contributed by atoms with E-state index in [2.05, 4.69) is 16.3 Å². The fourth-order valence-corrected chi connectivity index (χ4v) is 1.86. The Kier molecular flexibility index (Phi) is 5.61. The molecule has 1 atom stereocenters. The number of aryl methyl sites for hydroxylation is 1. The van der Waals surface area contributed by atoms with Crippen molar-refractivity contribution < 1.29 is 17.2 Å². The van der Waals surface area contributed by atoms with E-state index in [9.17, 15) is 8.42 Å². The molecule has 1 N–H and O–H groups in total. The van der Waals surface area contributed by atoms with E-state index in [-0.39, 0.29) is 6.61 Å². The average molecular weight is 258 g/mol. The van der Waals surface area contributed by atoms with E-state index in [0.29, 0.717) is 12.3 Å². The summed E-state index contributed by atoms with van der Waals surface area (Å²) in [6, 6.07) is 10.1. The first kappa shape index (κ1) is 14.2. The Morgan fingerprint density at radius 3 is 2.47 bits per heavy atom. The Hall–Kier alpha value is -0.910. The first-order valence-corrected chi connectivity index (χ1v) is 6.99. The lowest BCUT2D eigenvalue weighted by atomic mass is 9.99. The van der Waals surface area contributed by atoms with E-state index in [4.69, 9.17) is 4.55 Å². The highest BCUT2D eigenvalue weighted by molar-refractivity contribution is 7.80. The van der Waals surface area contributed by atoms with Crippen LogP contribution in [-0.4, -0.2) is 19.6 Å². The van der Waals surface area contributed by atoms with Crippen molar-refractivity contribution in [3.63, 3.8) is 0 Å². The third kappa shape index (κ3) is 7.10. The second-order valence-electron chi connectivity index (χ2n) is 4.17. The minimum Gasteiger partial charge on any atom is -0.264 e. The van der Waals surface area contributed by atoms with E-state index in [1.807, 2.05) is 25.1 Å². The van der Waals surface area contributed by atoms with Crippen LogP contribution in [0, 0.1) is 5.92 Å². The smallest absolute Gasteiger partial charge is 0.264 e. The van der Waals surface area contributed by atoms with Gasteiger partial charge < -0.3 is 0 Å². The van der Waals surface area contributed by atoms with Gasteiger partial charge in [-0.3, -0.25) is 4.55 Å². The maximum atomic E-state index is 10.3. The van der Waals surface area contributed by atoms with Gasteiger partial charge in [-0.15, -0.1) is 0 Å². The van der Waals surface area contributed by atoms with Crippen LogP contribution in [0.2, 0.25) is 0 Å². The zero-order chi connectivity index (χ0) is 12.7. The molecule has 1 rings (SSSR count). The molecule has 0 aromatic heterocycles. The lowest BCUT2D eigenvalue weighted by Crippen LogP contribution is -2.08.